The summed E-state index contributed by atoms with van der Waals surface area (Å²) in [5.74, 6) is 0. The van der Waals surface area contributed by atoms with Crippen LogP contribution in [-0.2, 0) is 4.84 Å². The van der Waals surface area contributed by atoms with Gasteiger partial charge in [0.25, 0.3) is 5.09 Å². The second kappa shape index (κ2) is 13.1. The molecule has 2 N–H and O–H groups in total. The van der Waals surface area contributed by atoms with Crippen LogP contribution >= 0.6 is 0 Å². The number of nitrogens with zero attached hydrogens (tertiary/aromatic N) is 1. The highest BCUT2D eigenvalue weighted by molar-refractivity contribution is 4.63. The van der Waals surface area contributed by atoms with E-state index in [1.54, 1.807) is 0 Å². The highest BCUT2D eigenvalue weighted by atomic mass is 17.0. The van der Waals surface area contributed by atoms with Gasteiger partial charge < -0.3 is 15.1 Å². The van der Waals surface area contributed by atoms with E-state index in [1.807, 2.05) is 0 Å². The molecule has 6 nitrogen and oxygen atoms in total. The predicted molar refractivity (Wildman–Crippen MR) is 76.8 cm³/mol. The molecule has 0 heterocycles. The van der Waals surface area contributed by atoms with Gasteiger partial charge in [-0.2, -0.15) is 0 Å². The van der Waals surface area contributed by atoms with Gasteiger partial charge in [0.05, 0.1) is 12.7 Å². The van der Waals surface area contributed by atoms with Gasteiger partial charge in [-0.3, -0.25) is 0 Å². The van der Waals surface area contributed by atoms with E-state index >= 15 is 0 Å². The molecule has 0 saturated heterocycles. The van der Waals surface area contributed by atoms with E-state index in [0.717, 1.165) is 19.3 Å². The normalized spacial score (nSPS) is 13.9. The van der Waals surface area contributed by atoms with E-state index in [-0.39, 0.29) is 6.42 Å². The van der Waals surface area contributed by atoms with E-state index in [4.69, 9.17) is 5.11 Å². The van der Waals surface area contributed by atoms with Gasteiger partial charge in [-0.25, -0.2) is 0 Å². The lowest BCUT2D eigenvalue weighted by molar-refractivity contribution is -0.769. The Bertz CT molecular complexity index is 238. The van der Waals surface area contributed by atoms with Gasteiger partial charge in [-0.05, 0) is 6.42 Å². The lowest BCUT2D eigenvalue weighted by Crippen LogP contribution is -2.25. The first-order valence-corrected chi connectivity index (χ1v) is 7.70. The average molecular weight is 291 g/mol. The van der Waals surface area contributed by atoms with Crippen molar-refractivity contribution >= 4 is 0 Å². The van der Waals surface area contributed by atoms with Crippen LogP contribution in [0, 0.1) is 10.1 Å². The molecule has 0 spiro atoms. The van der Waals surface area contributed by atoms with Crippen LogP contribution in [0.15, 0.2) is 0 Å². The fraction of sp³-hybridized carbons (Fsp3) is 1.00. The maximum atomic E-state index is 10.4. The first-order valence-electron chi connectivity index (χ1n) is 7.70. The van der Waals surface area contributed by atoms with E-state index in [1.165, 1.54) is 32.1 Å². The van der Waals surface area contributed by atoms with Gasteiger partial charge in [-0.1, -0.05) is 58.3 Å². The van der Waals surface area contributed by atoms with E-state index in [9.17, 15) is 15.2 Å². The first kappa shape index (κ1) is 19.1. The van der Waals surface area contributed by atoms with Gasteiger partial charge in [0, 0.05) is 6.42 Å². The van der Waals surface area contributed by atoms with Crippen molar-refractivity contribution < 1.29 is 20.1 Å². The molecule has 20 heavy (non-hydrogen) atoms. The molecule has 0 radical (unpaired) electrons. The molecule has 0 aliphatic carbocycles. The molecule has 120 valence electrons. The third-order valence-corrected chi connectivity index (χ3v) is 3.36. The molecule has 0 amide bonds. The summed E-state index contributed by atoms with van der Waals surface area (Å²) in [7, 11) is 0. The van der Waals surface area contributed by atoms with Crippen molar-refractivity contribution in [2.45, 2.75) is 83.3 Å². The molecular formula is C14H29NO5. The standard InChI is InChI=1S/C14H29NO5/c1-2-3-4-5-6-7-8-9-10-14(20-15(18)19)11-13(17)12-16/h13-14,16-17H,2-12H2,1H3. The van der Waals surface area contributed by atoms with Crippen LogP contribution in [0.2, 0.25) is 0 Å². The van der Waals surface area contributed by atoms with Crippen molar-refractivity contribution in [2.24, 2.45) is 0 Å². The Morgan fingerprint density at radius 3 is 2.15 bits per heavy atom. The van der Waals surface area contributed by atoms with Crippen molar-refractivity contribution in [1.82, 2.24) is 0 Å². The Balaban J connectivity index is 3.65. The van der Waals surface area contributed by atoms with E-state index in [2.05, 4.69) is 11.8 Å². The fourth-order valence-corrected chi connectivity index (χ4v) is 2.22. The lowest BCUT2D eigenvalue weighted by Gasteiger charge is -2.17. The zero-order valence-corrected chi connectivity index (χ0v) is 12.5. The minimum Gasteiger partial charge on any atom is -0.394 e. The summed E-state index contributed by atoms with van der Waals surface area (Å²) in [6.45, 7) is 1.80. The van der Waals surface area contributed by atoms with Crippen molar-refractivity contribution in [1.29, 1.82) is 0 Å². The summed E-state index contributed by atoms with van der Waals surface area (Å²) >= 11 is 0. The van der Waals surface area contributed by atoms with Crippen LogP contribution in [0.1, 0.15) is 71.1 Å². The van der Waals surface area contributed by atoms with Crippen LogP contribution in [-0.4, -0.2) is 34.1 Å². The summed E-state index contributed by atoms with van der Waals surface area (Å²) < 4.78 is 0. The van der Waals surface area contributed by atoms with Gasteiger partial charge >= 0.3 is 0 Å². The second-order valence-corrected chi connectivity index (χ2v) is 5.29. The molecule has 0 bridgehead atoms. The molecule has 0 aliphatic rings. The monoisotopic (exact) mass is 291 g/mol. The zero-order valence-electron chi connectivity index (χ0n) is 12.5. The summed E-state index contributed by atoms with van der Waals surface area (Å²) in [5.41, 5.74) is 0. The minimum atomic E-state index is -0.950. The summed E-state index contributed by atoms with van der Waals surface area (Å²) in [6.07, 6.45) is 8.38. The van der Waals surface area contributed by atoms with E-state index in [0.29, 0.717) is 6.42 Å². The quantitative estimate of drug-likeness (QED) is 0.291. The Kier molecular flexibility index (Phi) is 12.5. The molecule has 0 fully saturated rings. The number of hydrogen-bond donors (Lipinski definition) is 2. The SMILES string of the molecule is CCCCCCCCCCC(CC(O)CO)O[N+](=O)[O-]. The summed E-state index contributed by atoms with van der Waals surface area (Å²) in [4.78, 5) is 14.9. The van der Waals surface area contributed by atoms with Crippen molar-refractivity contribution in [3.8, 4) is 0 Å². The van der Waals surface area contributed by atoms with Crippen LogP contribution < -0.4 is 0 Å². The van der Waals surface area contributed by atoms with Crippen molar-refractivity contribution in [3.05, 3.63) is 10.1 Å². The summed E-state index contributed by atoms with van der Waals surface area (Å²) in [6, 6.07) is 0. The van der Waals surface area contributed by atoms with Gasteiger partial charge in [0.1, 0.15) is 6.10 Å². The number of hydrogen-bond acceptors (Lipinski definition) is 5. The van der Waals surface area contributed by atoms with E-state index < -0.39 is 23.9 Å². The second-order valence-electron chi connectivity index (χ2n) is 5.29. The lowest BCUT2D eigenvalue weighted by atomic mass is 10.0. The highest BCUT2D eigenvalue weighted by Gasteiger charge is 2.17. The number of unbranched alkanes of at least 4 members (excludes halogenated alkanes) is 7. The molecule has 0 aromatic heterocycles. The Hall–Kier alpha value is -0.880. The van der Waals surface area contributed by atoms with Gasteiger partial charge in [-0.15, -0.1) is 10.1 Å². The molecule has 0 saturated carbocycles. The molecule has 2 unspecified atom stereocenters. The Morgan fingerprint density at radius 1 is 1.10 bits per heavy atom. The maximum Gasteiger partial charge on any atom is 0.294 e. The van der Waals surface area contributed by atoms with Crippen molar-refractivity contribution in [3.63, 3.8) is 0 Å². The van der Waals surface area contributed by atoms with Crippen LogP contribution in [0.3, 0.4) is 0 Å². The van der Waals surface area contributed by atoms with Gasteiger partial charge in [0.15, 0.2) is 0 Å². The van der Waals surface area contributed by atoms with Gasteiger partial charge in [0.2, 0.25) is 0 Å². The number of aliphatic hydroxyl groups is 2. The minimum absolute atomic E-state index is 0.105. The predicted octanol–water partition coefficient (Wildman–Crippen LogP) is 2.84. The Morgan fingerprint density at radius 2 is 1.65 bits per heavy atom. The number of rotatable bonds is 14. The molecule has 2 atom stereocenters. The smallest absolute Gasteiger partial charge is 0.294 e. The molecule has 0 aliphatic heterocycles. The summed E-state index contributed by atoms with van der Waals surface area (Å²) in [5, 5.41) is 27.6. The largest absolute Gasteiger partial charge is 0.394 e. The van der Waals surface area contributed by atoms with Crippen LogP contribution in [0.25, 0.3) is 0 Å². The molecule has 0 aromatic carbocycles. The van der Waals surface area contributed by atoms with Crippen molar-refractivity contribution in [2.75, 3.05) is 6.61 Å². The molecular weight excluding hydrogens is 262 g/mol. The third kappa shape index (κ3) is 12.2. The molecule has 0 aromatic rings. The zero-order chi connectivity index (χ0) is 15.2. The van der Waals surface area contributed by atoms with Crippen LogP contribution in [0.4, 0.5) is 0 Å². The molecule has 0 rings (SSSR count). The third-order valence-electron chi connectivity index (χ3n) is 3.36. The molecule has 6 heteroatoms. The van der Waals surface area contributed by atoms with Crippen LogP contribution in [0.5, 0.6) is 0 Å². The maximum absolute atomic E-state index is 10.4. The topological polar surface area (TPSA) is 92.8 Å². The highest BCUT2D eigenvalue weighted by Crippen LogP contribution is 2.15. The first-order chi connectivity index (χ1) is 9.60. The average Bonchev–Trinajstić information content (AvgIpc) is 2.40. The fourth-order valence-electron chi connectivity index (χ4n) is 2.22. The number of aliphatic hydroxyl groups excluding tert-OH is 2. The Labute approximate surface area is 121 Å².